The number of aliphatic hydroxyl groups excluding tert-OH is 10. The van der Waals surface area contributed by atoms with Gasteiger partial charge in [0.1, 0.15) is 114 Å². The second-order valence-corrected chi connectivity index (χ2v) is 26.4. The Morgan fingerprint density at radius 3 is 1.92 bits per heavy atom. The molecule has 8 rings (SSSR count). The van der Waals surface area contributed by atoms with Gasteiger partial charge in [-0.3, -0.25) is 0 Å². The molecule has 5 aliphatic carbocycles. The van der Waals surface area contributed by atoms with Gasteiger partial charge >= 0.3 is 17.9 Å². The Kier molecular flexibility index (Phi) is 18.2. The molecule has 4 saturated carbocycles. The molecule has 8 aliphatic rings. The van der Waals surface area contributed by atoms with Crippen molar-refractivity contribution in [3.05, 3.63) is 34.9 Å². The zero-order chi connectivity index (χ0) is 58.4. The number of ether oxygens (including phenoxy) is 8. The van der Waals surface area contributed by atoms with Crippen LogP contribution in [-0.2, 0) is 52.3 Å². The summed E-state index contributed by atoms with van der Waals surface area (Å²) in [5.41, 5.74) is 0.147. The lowest BCUT2D eigenvalue weighted by molar-refractivity contribution is -0.388. The second kappa shape index (κ2) is 23.0. The summed E-state index contributed by atoms with van der Waals surface area (Å²) in [7, 11) is 12.7. The monoisotopic (exact) mass is 1130 g/mol. The summed E-state index contributed by atoms with van der Waals surface area (Å²) in [4.78, 5) is 40.2. The van der Waals surface area contributed by atoms with Gasteiger partial charge < -0.3 is 94.1 Å². The van der Waals surface area contributed by atoms with Crippen molar-refractivity contribution in [3.8, 4) is 0 Å². The maximum absolute atomic E-state index is 13.8. The number of carboxylic acid groups (broad SMARTS) is 1. The molecule has 0 bridgehead atoms. The summed E-state index contributed by atoms with van der Waals surface area (Å²) in [6, 6.07) is 0. The molecule has 0 aromatic carbocycles. The van der Waals surface area contributed by atoms with Crippen LogP contribution in [0.3, 0.4) is 0 Å². The molecule has 29 heteroatoms. The largest absolute Gasteiger partial charge is 0.479 e. The Morgan fingerprint density at radius 2 is 1.33 bits per heavy atom. The van der Waals surface area contributed by atoms with E-state index in [4.69, 9.17) is 50.5 Å². The van der Waals surface area contributed by atoms with Crippen LogP contribution in [0.25, 0.3) is 0 Å². The Labute approximate surface area is 471 Å². The summed E-state index contributed by atoms with van der Waals surface area (Å²) in [6.07, 6.45) is -21.2. The molecule has 3 aliphatic heterocycles. The fourth-order valence-corrected chi connectivity index (χ4v) is 16.2. The van der Waals surface area contributed by atoms with Gasteiger partial charge in [-0.25, -0.2) is 14.4 Å². The van der Waals surface area contributed by atoms with Crippen LogP contribution >= 0.6 is 12.6 Å². The Hall–Kier alpha value is -2.27. The predicted molar refractivity (Wildman–Crippen MR) is 297 cm³/mol. The zero-order valence-corrected chi connectivity index (χ0v) is 47.7. The average Bonchev–Trinajstić information content (AvgIpc) is 3.49. The summed E-state index contributed by atoms with van der Waals surface area (Å²) in [6.45, 7) is 4.68. The highest BCUT2D eigenvalue weighted by Crippen LogP contribution is 2.81. The first-order valence-corrected chi connectivity index (χ1v) is 28.2. The third-order valence-electron chi connectivity index (χ3n) is 20.9. The van der Waals surface area contributed by atoms with E-state index in [1.165, 1.54) is 0 Å². The molecule has 22 nitrogen and oxygen atoms in total. The van der Waals surface area contributed by atoms with E-state index in [2.05, 4.69) is 29.6 Å². The standard InChI is InChI=1S/C50H80B6O22S/c1-5-18(3)40(69)77-37-38(78-41(70)19(4)6-2)49(54,79)13-21-20-7-8-24-46(51)11-10-27(50(55,56)25(46)9-12-47(24,52)48(20,53)14-26(60)45(21,37)17-58)73-44-36(76-43-32(65)30(63)29(62)23(15-57)72-43)34(33(66)35(75-44)39(67)68)74-42-31(64)28(61)22(59)16-71-42/h5-7,21-38,42-44,57-66,79H,8-17,51-56H2,1-4H3,(H,67,68)/b18-5-,19-6-/t21?,22?,23?,24?,25?,26-,27+,28?,29?,30?,31?,32?,33?,34?,35?,36?,37+,38+,42?,43?,44?,45+,46+,47+,48+,49-/m1/s1. The second-order valence-electron chi connectivity index (χ2n) is 25.4. The minimum atomic E-state index is -2.11. The number of carboxylic acids is 1. The van der Waals surface area contributed by atoms with Gasteiger partial charge in [0.15, 0.2) is 31.1 Å². The molecule has 436 valence electrons. The molecule has 0 aromatic heterocycles. The highest BCUT2D eigenvalue weighted by Gasteiger charge is 2.74. The SMILES string of the molecule is BC1(B)C2CC[C@]3(B)C(CC=C4C5C[C@@](B)(S)[C@@H](OC(=O)/C(C)=C\C)[C@H](OC(=O)/C(C)=C\C)[C@]5(CO)[C@H](O)C[C@]43B)[C@@]2(B)CC[C@@H]1OC1OC(C(=O)O)C(O)C(OC2OCC(O)C(O)C2O)C1OC1OC(CO)C(O)C(O)C1O. The molecule has 17 unspecified atom stereocenters. The predicted octanol–water partition coefficient (Wildman–Crippen LogP) is -6.76. The Morgan fingerprint density at radius 1 is 0.722 bits per heavy atom. The van der Waals surface area contributed by atoms with Crippen LogP contribution < -0.4 is 0 Å². The fourth-order valence-electron chi connectivity index (χ4n) is 15.9. The number of fused-ring (bicyclic) bond motifs is 7. The number of carbonyl (C=O) groups excluding carboxylic acids is 2. The summed E-state index contributed by atoms with van der Waals surface area (Å²) < 4.78 is 47.9. The number of hydrogen-bond acceptors (Lipinski definition) is 22. The number of aliphatic hydroxyl groups is 10. The van der Waals surface area contributed by atoms with E-state index in [-0.39, 0.29) is 24.7 Å². The van der Waals surface area contributed by atoms with Crippen LogP contribution in [0.4, 0.5) is 0 Å². The lowest BCUT2D eigenvalue weighted by Crippen LogP contribution is -2.72. The van der Waals surface area contributed by atoms with Gasteiger partial charge in [-0.05, 0) is 76.4 Å². The molecule has 11 N–H and O–H groups in total. The zero-order valence-electron chi connectivity index (χ0n) is 46.8. The topological polar surface area (TPSA) is 348 Å². The van der Waals surface area contributed by atoms with E-state index < -0.39 is 185 Å². The smallest absolute Gasteiger partial charge is 0.335 e. The molecule has 0 radical (unpaired) electrons. The number of esters is 2. The Balaban J connectivity index is 1.12. The van der Waals surface area contributed by atoms with E-state index in [0.717, 1.165) is 5.57 Å². The van der Waals surface area contributed by atoms with Gasteiger partial charge in [0.2, 0.25) is 0 Å². The third kappa shape index (κ3) is 10.3. The van der Waals surface area contributed by atoms with Crippen LogP contribution in [0.1, 0.15) is 72.6 Å². The number of carbonyl (C=O) groups is 3. The van der Waals surface area contributed by atoms with E-state index >= 15 is 0 Å². The van der Waals surface area contributed by atoms with E-state index in [1.54, 1.807) is 39.8 Å². The number of hydrogen-bond donors (Lipinski definition) is 12. The van der Waals surface area contributed by atoms with Gasteiger partial charge in [-0.2, -0.15) is 12.6 Å². The van der Waals surface area contributed by atoms with Crippen molar-refractivity contribution in [2.75, 3.05) is 19.8 Å². The molecular weight excluding hydrogens is 1050 g/mol. The van der Waals surface area contributed by atoms with Crippen LogP contribution in [0.5, 0.6) is 0 Å². The summed E-state index contributed by atoms with van der Waals surface area (Å²) in [5.74, 6) is -3.60. The molecular formula is C50H80B6O22S. The summed E-state index contributed by atoms with van der Waals surface area (Å²) >= 11 is 5.18. The number of rotatable bonds is 13. The minimum absolute atomic E-state index is 0.00399. The summed E-state index contributed by atoms with van der Waals surface area (Å²) in [5, 5.41) is 119. The number of thiol groups is 1. The van der Waals surface area contributed by atoms with Crippen molar-refractivity contribution >= 4 is 77.6 Å². The van der Waals surface area contributed by atoms with Crippen molar-refractivity contribution in [1.82, 2.24) is 0 Å². The first-order valence-electron chi connectivity index (χ1n) is 27.7. The number of allylic oxidation sites excluding steroid dienone is 4. The maximum Gasteiger partial charge on any atom is 0.335 e. The van der Waals surface area contributed by atoms with Crippen molar-refractivity contribution in [3.63, 3.8) is 0 Å². The first-order chi connectivity index (χ1) is 36.9. The molecule has 26 atom stereocenters. The fraction of sp³-hybridized carbons (Fsp3) is 0.820. The molecule has 0 amide bonds. The first kappa shape index (κ1) is 62.8. The lowest BCUT2D eigenvalue weighted by atomic mass is 9.20. The van der Waals surface area contributed by atoms with Crippen molar-refractivity contribution < 1.29 is 108 Å². The molecule has 3 saturated heterocycles. The van der Waals surface area contributed by atoms with Crippen molar-refractivity contribution in [1.29, 1.82) is 0 Å². The van der Waals surface area contributed by atoms with Gasteiger partial charge in [-0.1, -0.05) is 58.9 Å². The molecule has 0 spiro atoms. The quantitative estimate of drug-likeness (QED) is 0.0204. The molecule has 3 heterocycles. The van der Waals surface area contributed by atoms with Crippen molar-refractivity contribution in [2.24, 2.45) is 23.2 Å². The highest BCUT2D eigenvalue weighted by molar-refractivity contribution is 7.83. The van der Waals surface area contributed by atoms with Crippen LogP contribution in [0.15, 0.2) is 34.9 Å². The van der Waals surface area contributed by atoms with Crippen molar-refractivity contribution in [2.45, 2.75) is 209 Å². The van der Waals surface area contributed by atoms with Crippen LogP contribution in [-0.4, -0.2) is 256 Å². The molecule has 79 heavy (non-hydrogen) atoms. The lowest BCUT2D eigenvalue weighted by Gasteiger charge is -2.73. The average molecular weight is 1130 g/mol. The van der Waals surface area contributed by atoms with Crippen LogP contribution in [0.2, 0.25) is 21.2 Å². The maximum atomic E-state index is 13.8. The van der Waals surface area contributed by atoms with Gasteiger partial charge in [0.05, 0.1) is 37.4 Å². The Bertz CT molecular complexity index is 2390. The number of aliphatic carboxylic acids is 1. The normalized spacial score (nSPS) is 49.9. The minimum Gasteiger partial charge on any atom is -0.479 e. The highest BCUT2D eigenvalue weighted by atomic mass is 32.1. The van der Waals surface area contributed by atoms with Gasteiger partial charge in [0, 0.05) is 15.8 Å². The molecule has 7 fully saturated rings. The third-order valence-corrected chi connectivity index (χ3v) is 21.4. The van der Waals surface area contributed by atoms with E-state index in [1.807, 2.05) is 23.5 Å². The van der Waals surface area contributed by atoms with Crippen LogP contribution in [0, 0.1) is 23.2 Å². The van der Waals surface area contributed by atoms with Gasteiger partial charge in [0.25, 0.3) is 0 Å². The van der Waals surface area contributed by atoms with E-state index in [0.29, 0.717) is 43.3 Å². The molecule has 0 aromatic rings. The van der Waals surface area contributed by atoms with E-state index in [9.17, 15) is 70.6 Å². The van der Waals surface area contributed by atoms with Gasteiger partial charge in [-0.15, -0.1) is 0 Å².